The Morgan fingerprint density at radius 2 is 0.549 bits per heavy atom. The summed E-state index contributed by atoms with van der Waals surface area (Å²) in [6, 6.07) is 56.9. The monoisotopic (exact) mass is 1430 g/mol. The maximum Gasteiger partial charge on any atom is 0.416 e. The van der Waals surface area contributed by atoms with Gasteiger partial charge in [0.2, 0.25) is 0 Å². The van der Waals surface area contributed by atoms with Crippen molar-refractivity contribution in [1.82, 2.24) is 0 Å². The largest absolute Gasteiger partial charge is 0.416 e. The van der Waals surface area contributed by atoms with E-state index in [0.29, 0.717) is 52.6 Å². The quantitative estimate of drug-likeness (QED) is 0.126. The van der Waals surface area contributed by atoms with Crippen LogP contribution in [0, 0.1) is 84.5 Å². The molecule has 0 unspecified atom stereocenters. The molecule has 0 aliphatic heterocycles. The Labute approximate surface area is 621 Å². The molecule has 564 valence electrons. The number of hydrogen-bond donors (Lipinski definition) is 0. The zero-order chi connectivity index (χ0) is 75.8. The third kappa shape index (κ3) is 39.9. The molecule has 0 radical (unpaired) electrons. The van der Waals surface area contributed by atoms with Gasteiger partial charge in [0.15, 0.2) is 11.6 Å². The molecule has 0 aliphatic rings. The predicted octanol–water partition coefficient (Wildman–Crippen LogP) is 32.0. The lowest BCUT2D eigenvalue weighted by Gasteiger charge is -2.12. The Morgan fingerprint density at radius 1 is 0.255 bits per heavy atom. The van der Waals surface area contributed by atoms with Crippen molar-refractivity contribution in [1.29, 1.82) is 0 Å². The van der Waals surface area contributed by atoms with Crippen LogP contribution in [0.2, 0.25) is 5.02 Å². The van der Waals surface area contributed by atoms with Crippen molar-refractivity contribution in [2.75, 3.05) is 0 Å². The van der Waals surface area contributed by atoms with Crippen LogP contribution in [-0.4, -0.2) is 0 Å². The van der Waals surface area contributed by atoms with Crippen molar-refractivity contribution in [2.24, 2.45) is 0 Å². The molecule has 0 nitrogen and oxygen atoms in total. The second-order valence-electron chi connectivity index (χ2n) is 28.6. The smallest absolute Gasteiger partial charge is 0.207 e. The Bertz CT molecular complexity index is 3470. The Balaban J connectivity index is -0.00000108. The molecule has 0 fully saturated rings. The van der Waals surface area contributed by atoms with Crippen molar-refractivity contribution in [2.45, 2.75) is 262 Å². The molecular weight excluding hydrogens is 1300 g/mol. The number of halogens is 9. The summed E-state index contributed by atoms with van der Waals surface area (Å²) >= 11 is 5.89. The average molecular weight is 1430 g/mol. The molecule has 9 aromatic carbocycles. The van der Waals surface area contributed by atoms with E-state index in [2.05, 4.69) is 197 Å². The molecule has 9 heteroatoms. The van der Waals surface area contributed by atoms with Crippen LogP contribution in [-0.2, 0) is 6.18 Å². The van der Waals surface area contributed by atoms with E-state index in [9.17, 15) is 35.1 Å². The van der Waals surface area contributed by atoms with Crippen LogP contribution in [0.4, 0.5) is 35.1 Å². The number of alkyl halides is 3. The highest BCUT2D eigenvalue weighted by molar-refractivity contribution is 6.30. The van der Waals surface area contributed by atoms with E-state index in [-0.39, 0.29) is 51.6 Å². The third-order valence-corrected chi connectivity index (χ3v) is 16.2. The van der Waals surface area contributed by atoms with Crippen LogP contribution in [0.5, 0.6) is 0 Å². The lowest BCUT2D eigenvalue weighted by Crippen LogP contribution is -2.06. The second kappa shape index (κ2) is 49.4. The fraction of sp³-hybridized carbons (Fsp3) is 0.419. The van der Waals surface area contributed by atoms with Gasteiger partial charge in [-0.05, 0) is 247 Å². The molecule has 0 aromatic heterocycles. The van der Waals surface area contributed by atoms with Gasteiger partial charge in [0, 0.05) is 5.02 Å². The van der Waals surface area contributed by atoms with E-state index in [1.165, 1.54) is 68.8 Å². The number of rotatable bonds is 9. The number of hydrogen-bond acceptors (Lipinski definition) is 0. The van der Waals surface area contributed by atoms with E-state index < -0.39 is 23.4 Å². The molecule has 0 N–H and O–H groups in total. The first-order chi connectivity index (χ1) is 45.9. The summed E-state index contributed by atoms with van der Waals surface area (Å²) in [7, 11) is 0. The molecule has 0 aliphatic carbocycles. The fourth-order valence-corrected chi connectivity index (χ4v) is 9.76. The van der Waals surface area contributed by atoms with Crippen LogP contribution in [0.1, 0.15) is 300 Å². The van der Waals surface area contributed by atoms with E-state index in [1.807, 2.05) is 84.0 Å². The van der Waals surface area contributed by atoms with Gasteiger partial charge in [0.1, 0.15) is 17.5 Å². The summed E-state index contributed by atoms with van der Waals surface area (Å²) in [5, 5.41) is 0.841. The second-order valence-corrected chi connectivity index (χ2v) is 29.0. The van der Waals surface area contributed by atoms with Crippen LogP contribution in [0.3, 0.4) is 0 Å². The zero-order valence-electron chi connectivity index (χ0n) is 64.4. The zero-order valence-corrected chi connectivity index (χ0v) is 65.2. The molecule has 0 spiro atoms. The summed E-state index contributed by atoms with van der Waals surface area (Å²) in [5.74, 6) is 2.31. The first kappa shape index (κ1) is 98.9. The number of benzene rings is 9. The summed E-state index contributed by atoms with van der Waals surface area (Å²) in [6.45, 7) is 52.9. The molecule has 0 bridgehead atoms. The molecule has 0 saturated carbocycles. The third-order valence-electron chi connectivity index (χ3n) is 16.0. The van der Waals surface area contributed by atoms with Gasteiger partial charge in [0.25, 0.3) is 0 Å². The van der Waals surface area contributed by atoms with Gasteiger partial charge in [-0.1, -0.05) is 297 Å². The van der Waals surface area contributed by atoms with Crippen LogP contribution in [0.15, 0.2) is 182 Å². The van der Waals surface area contributed by atoms with Gasteiger partial charge >= 0.3 is 6.18 Å². The van der Waals surface area contributed by atoms with Crippen molar-refractivity contribution in [3.8, 4) is 0 Å². The fourth-order valence-electron chi connectivity index (χ4n) is 9.46. The SMILES string of the molecule is C.C.C.CC(C)c1ccccc1.Cc1cc(C(C)C)cc(C(F)(F)F)c1.Cc1cc(C(C)C)cc(F)c1F.Cc1cc(C(C)C)ccc1F.Cc1cc(Cl)cc(C(C)C)c1.Cc1cc(F)cc(C(C)C)c1.Cc1cc(F)cc(C(C)C)c1.Cc1ccc(C(C)C)cc1.Cc1ccc(C(C)C)cc1. The minimum absolute atomic E-state index is 0. The highest BCUT2D eigenvalue weighted by Crippen LogP contribution is 2.32. The minimum Gasteiger partial charge on any atom is -0.207 e. The molecule has 0 saturated heterocycles. The molecule has 9 aromatic rings. The van der Waals surface area contributed by atoms with Gasteiger partial charge < -0.3 is 0 Å². The van der Waals surface area contributed by atoms with Crippen LogP contribution >= 0.6 is 11.6 Å². The van der Waals surface area contributed by atoms with Gasteiger partial charge in [0.05, 0.1) is 5.56 Å². The van der Waals surface area contributed by atoms with Gasteiger partial charge in [-0.2, -0.15) is 13.2 Å². The predicted molar refractivity (Wildman–Crippen MR) is 433 cm³/mol. The lowest BCUT2D eigenvalue weighted by molar-refractivity contribution is -0.137. The van der Waals surface area contributed by atoms with Gasteiger partial charge in [-0.15, -0.1) is 0 Å². The van der Waals surface area contributed by atoms with Gasteiger partial charge in [-0.3, -0.25) is 0 Å². The van der Waals surface area contributed by atoms with Crippen molar-refractivity contribution < 1.29 is 35.1 Å². The molecule has 0 amide bonds. The summed E-state index contributed by atoms with van der Waals surface area (Å²) in [4.78, 5) is 0. The molecule has 9 rings (SSSR count). The standard InChI is InChI=1S/C11H13F3.C10H13Cl.C10H12F2.3C10H13F.2C10H14.C9H12.3CH4/c1-7(2)9-4-8(3)5-10(6-9)11(12,13)14;1-7(2)9-4-8(3)5-10(11)6-9;1-6(2)8-4-7(3)10(12)9(11)5-8;2*1-7(2)9-4-8(3)5-10(11)6-9;1-7(2)9-4-5-10(11)8(3)6-9;2*1-8(2)10-6-4-9(3)5-7-10;1-8(2)9-6-4-3-5-7-9;;;/h4-7H,1-3H3;4-7H,1-3H3;4-6H,1-3H3;3*4-7H,1-3H3;2*4-8H,1-3H3;3-8H,1-2H3;3*1H4. The maximum atomic E-state index is 12.8. The normalized spacial score (nSPS) is 10.5. The molecule has 0 atom stereocenters. The highest BCUT2D eigenvalue weighted by atomic mass is 35.5. The molecule has 102 heavy (non-hydrogen) atoms. The first-order valence-corrected chi connectivity index (χ1v) is 35.2. The van der Waals surface area contributed by atoms with Crippen LogP contribution < -0.4 is 0 Å². The van der Waals surface area contributed by atoms with E-state index in [1.54, 1.807) is 57.2 Å². The Morgan fingerprint density at radius 3 is 0.853 bits per heavy atom. The Hall–Kier alpha value is -7.29. The summed E-state index contributed by atoms with van der Waals surface area (Å²) in [5.41, 5.74) is 17.6. The summed E-state index contributed by atoms with van der Waals surface area (Å²) < 4.78 is 101. The van der Waals surface area contributed by atoms with Crippen LogP contribution in [0.25, 0.3) is 0 Å². The average Bonchev–Trinajstić information content (AvgIpc) is 0.841. The van der Waals surface area contributed by atoms with E-state index >= 15 is 0 Å². The first-order valence-electron chi connectivity index (χ1n) is 34.8. The van der Waals surface area contributed by atoms with Crippen molar-refractivity contribution in [3.05, 3.63) is 316 Å². The maximum absolute atomic E-state index is 12.8. The van der Waals surface area contributed by atoms with E-state index in [0.717, 1.165) is 44.0 Å². The van der Waals surface area contributed by atoms with E-state index in [4.69, 9.17) is 11.6 Å². The van der Waals surface area contributed by atoms with Crippen molar-refractivity contribution >= 4 is 11.6 Å². The minimum atomic E-state index is -4.24. The topological polar surface area (TPSA) is 0 Å². The highest BCUT2D eigenvalue weighted by Gasteiger charge is 2.31. The summed E-state index contributed by atoms with van der Waals surface area (Å²) in [6.07, 6.45) is -4.24. The molecule has 0 heterocycles. The van der Waals surface area contributed by atoms with Crippen molar-refractivity contribution in [3.63, 3.8) is 0 Å². The Kier molecular flexibility index (Phi) is 47.9. The molecular formula is C93H129ClF8. The van der Waals surface area contributed by atoms with Gasteiger partial charge in [-0.25, -0.2) is 22.0 Å². The lowest BCUT2D eigenvalue weighted by atomic mass is 9.98. The number of aryl methyl sites for hydroxylation is 8.